The minimum absolute atomic E-state index is 0.00297. The quantitative estimate of drug-likeness (QED) is 0.225. The minimum Gasteiger partial charge on any atom is -0.467 e. The van der Waals surface area contributed by atoms with Crippen LogP contribution >= 0.6 is 8.58 Å². The van der Waals surface area contributed by atoms with Crippen molar-refractivity contribution >= 4 is 13.9 Å². The van der Waals surface area contributed by atoms with Crippen LogP contribution in [-0.2, 0) is 21.9 Å². The number of benzene rings is 2. The van der Waals surface area contributed by atoms with Gasteiger partial charge in [0.1, 0.15) is 5.75 Å². The Kier molecular flexibility index (Phi) is 10.4. The number of likely N-dealkylation sites (tertiary alicyclic amines) is 1. The van der Waals surface area contributed by atoms with Crippen LogP contribution in [0, 0.1) is 13.8 Å². The summed E-state index contributed by atoms with van der Waals surface area (Å²) in [7, 11) is 2.39. The molecule has 1 fully saturated rings. The summed E-state index contributed by atoms with van der Waals surface area (Å²) in [5.74, 6) is 1.01. The maximum atomic E-state index is 6.29. The number of aryl methyl sites for hydroxylation is 2. The van der Waals surface area contributed by atoms with E-state index in [2.05, 4.69) is 83.7 Å². The van der Waals surface area contributed by atoms with Crippen molar-refractivity contribution in [3.8, 4) is 5.75 Å². The molecule has 2 aromatic carbocycles. The SMILES string of the molecule is CCCCC(C)(Pc1ccc(C)cc1CN1CCCCC1)c1cc(C(C)(C)C)cc(C)c1OCOC. The summed E-state index contributed by atoms with van der Waals surface area (Å²) in [4.78, 5) is 2.66. The first-order valence-electron chi connectivity index (χ1n) is 13.9. The summed E-state index contributed by atoms with van der Waals surface area (Å²) in [5.41, 5.74) is 6.89. The van der Waals surface area contributed by atoms with Crippen molar-refractivity contribution in [3.05, 3.63) is 58.1 Å². The summed E-state index contributed by atoms with van der Waals surface area (Å²) in [6.45, 7) is 19.9. The molecule has 4 heteroatoms. The summed E-state index contributed by atoms with van der Waals surface area (Å²) in [5, 5.41) is 1.51. The zero-order chi connectivity index (χ0) is 26.3. The first-order chi connectivity index (χ1) is 17.1. The third kappa shape index (κ3) is 7.56. The van der Waals surface area contributed by atoms with E-state index >= 15 is 0 Å². The van der Waals surface area contributed by atoms with Crippen LogP contribution in [0.3, 0.4) is 0 Å². The van der Waals surface area contributed by atoms with Gasteiger partial charge in [0.25, 0.3) is 0 Å². The lowest BCUT2D eigenvalue weighted by Gasteiger charge is -2.36. The topological polar surface area (TPSA) is 21.7 Å². The van der Waals surface area contributed by atoms with E-state index < -0.39 is 0 Å². The van der Waals surface area contributed by atoms with Crippen molar-refractivity contribution in [3.63, 3.8) is 0 Å². The van der Waals surface area contributed by atoms with E-state index in [0.29, 0.717) is 8.58 Å². The maximum Gasteiger partial charge on any atom is 0.188 e. The lowest BCUT2D eigenvalue weighted by Crippen LogP contribution is -2.31. The van der Waals surface area contributed by atoms with Crippen molar-refractivity contribution in [2.24, 2.45) is 0 Å². The lowest BCUT2D eigenvalue weighted by molar-refractivity contribution is 0.0495. The second-order valence-electron chi connectivity index (χ2n) is 12.0. The fourth-order valence-corrected chi connectivity index (χ4v) is 7.05. The molecule has 200 valence electrons. The second-order valence-corrected chi connectivity index (χ2v) is 13.9. The molecule has 1 heterocycles. The Balaban J connectivity index is 2.09. The molecule has 0 aromatic heterocycles. The molecule has 2 atom stereocenters. The van der Waals surface area contributed by atoms with E-state index in [1.54, 1.807) is 7.11 Å². The molecule has 0 aliphatic carbocycles. The number of nitrogens with zero attached hydrogens (tertiary/aromatic N) is 1. The third-order valence-electron chi connectivity index (χ3n) is 7.60. The Hall–Kier alpha value is -1.41. The molecule has 0 bridgehead atoms. The van der Waals surface area contributed by atoms with Crippen LogP contribution in [-0.4, -0.2) is 31.9 Å². The van der Waals surface area contributed by atoms with Crippen LogP contribution in [0.15, 0.2) is 30.3 Å². The monoisotopic (exact) mass is 511 g/mol. The van der Waals surface area contributed by atoms with Gasteiger partial charge in [-0.15, -0.1) is 0 Å². The Labute approximate surface area is 223 Å². The Morgan fingerprint density at radius 3 is 2.33 bits per heavy atom. The van der Waals surface area contributed by atoms with Crippen LogP contribution in [0.4, 0.5) is 0 Å². The fourth-order valence-electron chi connectivity index (χ4n) is 5.35. The molecule has 0 amide bonds. The standard InChI is InChI=1S/C32H50NO2P/c1-9-10-16-32(7,28-21-27(31(4,5)6)20-25(3)30(28)35-23-34-8)36-29-15-14-24(2)19-26(29)22-33-17-12-11-13-18-33/h14-15,19-21,36H,9-13,16-18,22-23H2,1-8H3. The van der Waals surface area contributed by atoms with Crippen LogP contribution in [0.2, 0.25) is 0 Å². The Morgan fingerprint density at radius 1 is 0.972 bits per heavy atom. The van der Waals surface area contributed by atoms with Gasteiger partial charge in [-0.2, -0.15) is 0 Å². The predicted octanol–water partition coefficient (Wildman–Crippen LogP) is 7.98. The summed E-state index contributed by atoms with van der Waals surface area (Å²) >= 11 is 0. The third-order valence-corrected chi connectivity index (χ3v) is 9.43. The molecule has 1 saturated heterocycles. The number of unbranched alkanes of at least 4 members (excludes halogenated alkanes) is 1. The first-order valence-corrected chi connectivity index (χ1v) is 14.9. The van der Waals surface area contributed by atoms with Gasteiger partial charge in [0.15, 0.2) is 6.79 Å². The highest BCUT2D eigenvalue weighted by Gasteiger charge is 2.33. The average molecular weight is 512 g/mol. The number of ether oxygens (including phenoxy) is 2. The van der Waals surface area contributed by atoms with E-state index in [1.165, 1.54) is 78.3 Å². The zero-order valence-electron chi connectivity index (χ0n) is 24.2. The van der Waals surface area contributed by atoms with E-state index in [0.717, 1.165) is 18.7 Å². The molecule has 3 nitrogen and oxygen atoms in total. The normalized spacial score (nSPS) is 17.0. The predicted molar refractivity (Wildman–Crippen MR) is 158 cm³/mol. The molecule has 0 radical (unpaired) electrons. The van der Waals surface area contributed by atoms with Crippen molar-refractivity contribution in [2.75, 3.05) is 27.0 Å². The number of methoxy groups -OCH3 is 1. The minimum atomic E-state index is -0.00297. The van der Waals surface area contributed by atoms with E-state index in [1.807, 2.05) is 0 Å². The van der Waals surface area contributed by atoms with Crippen LogP contribution < -0.4 is 10.0 Å². The Morgan fingerprint density at radius 2 is 1.69 bits per heavy atom. The molecule has 36 heavy (non-hydrogen) atoms. The summed E-state index contributed by atoms with van der Waals surface area (Å²) in [6.07, 6.45) is 7.59. The molecule has 0 N–H and O–H groups in total. The molecular formula is C32H50NO2P. The zero-order valence-corrected chi connectivity index (χ0v) is 25.2. The van der Waals surface area contributed by atoms with Crippen molar-refractivity contribution in [1.29, 1.82) is 0 Å². The van der Waals surface area contributed by atoms with Gasteiger partial charge in [-0.25, -0.2) is 0 Å². The largest absolute Gasteiger partial charge is 0.467 e. The lowest BCUT2D eigenvalue weighted by atomic mass is 9.82. The Bertz CT molecular complexity index is 990. The molecule has 1 aliphatic heterocycles. The number of hydrogen-bond acceptors (Lipinski definition) is 3. The fraction of sp³-hybridized carbons (Fsp3) is 0.625. The maximum absolute atomic E-state index is 6.29. The van der Waals surface area contributed by atoms with Crippen LogP contribution in [0.25, 0.3) is 0 Å². The molecule has 3 rings (SSSR count). The van der Waals surface area contributed by atoms with Gasteiger partial charge in [0.2, 0.25) is 0 Å². The van der Waals surface area contributed by atoms with Gasteiger partial charge in [-0.1, -0.05) is 98.4 Å². The van der Waals surface area contributed by atoms with Crippen molar-refractivity contribution in [2.45, 2.75) is 104 Å². The van der Waals surface area contributed by atoms with E-state index in [4.69, 9.17) is 9.47 Å². The van der Waals surface area contributed by atoms with Gasteiger partial charge >= 0.3 is 0 Å². The molecule has 0 spiro atoms. The second kappa shape index (κ2) is 12.9. The number of piperidine rings is 1. The highest BCUT2D eigenvalue weighted by molar-refractivity contribution is 7.48. The molecule has 2 unspecified atom stereocenters. The molecule has 0 saturated carbocycles. The highest BCUT2D eigenvalue weighted by atomic mass is 31.1. The van der Waals surface area contributed by atoms with Crippen LogP contribution in [0.1, 0.15) is 101 Å². The van der Waals surface area contributed by atoms with Crippen LogP contribution in [0.5, 0.6) is 5.75 Å². The summed E-state index contributed by atoms with van der Waals surface area (Å²) in [6, 6.07) is 11.9. The summed E-state index contributed by atoms with van der Waals surface area (Å²) < 4.78 is 11.7. The van der Waals surface area contributed by atoms with E-state index in [-0.39, 0.29) is 17.4 Å². The van der Waals surface area contributed by atoms with E-state index in [9.17, 15) is 0 Å². The van der Waals surface area contributed by atoms with Crippen molar-refractivity contribution < 1.29 is 9.47 Å². The average Bonchev–Trinajstić information content (AvgIpc) is 2.83. The van der Waals surface area contributed by atoms with Crippen molar-refractivity contribution in [1.82, 2.24) is 4.90 Å². The molecule has 2 aromatic rings. The van der Waals surface area contributed by atoms with Gasteiger partial charge in [0.05, 0.1) is 0 Å². The number of rotatable bonds is 11. The molecular weight excluding hydrogens is 461 g/mol. The number of hydrogen-bond donors (Lipinski definition) is 0. The smallest absolute Gasteiger partial charge is 0.188 e. The van der Waals surface area contributed by atoms with Gasteiger partial charge in [-0.3, -0.25) is 4.90 Å². The molecule has 1 aliphatic rings. The van der Waals surface area contributed by atoms with Gasteiger partial charge in [-0.05, 0) is 73.6 Å². The van der Waals surface area contributed by atoms with Gasteiger partial charge in [0, 0.05) is 24.4 Å². The van der Waals surface area contributed by atoms with Gasteiger partial charge < -0.3 is 9.47 Å². The first kappa shape index (κ1) is 29.2. The highest BCUT2D eigenvalue weighted by Crippen LogP contribution is 2.50.